The highest BCUT2D eigenvalue weighted by molar-refractivity contribution is 6.10. The molecule has 0 unspecified atom stereocenters. The fourth-order valence-corrected chi connectivity index (χ4v) is 2.48. The number of carbonyl (C=O) groups excluding carboxylic acids is 1. The summed E-state index contributed by atoms with van der Waals surface area (Å²) in [6.45, 7) is 1.60. The summed E-state index contributed by atoms with van der Waals surface area (Å²) in [4.78, 5) is 18.9. The van der Waals surface area contributed by atoms with E-state index in [-0.39, 0.29) is 5.91 Å². The summed E-state index contributed by atoms with van der Waals surface area (Å²) in [6, 6.07) is 15.2. The largest absolute Gasteiger partial charge is 0.378 e. The van der Waals surface area contributed by atoms with E-state index in [1.54, 1.807) is 0 Å². The third-order valence-corrected chi connectivity index (χ3v) is 3.75. The molecule has 2 aromatic rings. The molecular weight excluding hydrogens is 288 g/mol. The number of nitrogens with one attached hydrogen (secondary N) is 2. The number of nitrogens with zero attached hydrogens (tertiary/aromatic N) is 2. The van der Waals surface area contributed by atoms with Crippen molar-refractivity contribution in [3.05, 3.63) is 59.7 Å². The maximum absolute atomic E-state index is 12.5. The smallest absolute Gasteiger partial charge is 0.255 e. The van der Waals surface area contributed by atoms with Gasteiger partial charge in [-0.2, -0.15) is 0 Å². The molecule has 118 valence electrons. The van der Waals surface area contributed by atoms with Gasteiger partial charge in [0.25, 0.3) is 5.91 Å². The molecular formula is C18H20N4O. The average Bonchev–Trinajstić information content (AvgIpc) is 3.09. The van der Waals surface area contributed by atoms with Gasteiger partial charge in [0, 0.05) is 37.5 Å². The molecule has 0 radical (unpaired) electrons. The molecule has 0 saturated carbocycles. The highest BCUT2D eigenvalue weighted by atomic mass is 16.1. The number of amidine groups is 1. The van der Waals surface area contributed by atoms with Crippen molar-refractivity contribution >= 4 is 23.1 Å². The Morgan fingerprint density at radius 2 is 1.87 bits per heavy atom. The molecule has 0 aliphatic carbocycles. The van der Waals surface area contributed by atoms with Crippen LogP contribution in [0.15, 0.2) is 53.5 Å². The van der Waals surface area contributed by atoms with E-state index in [4.69, 9.17) is 0 Å². The second kappa shape index (κ2) is 6.52. The van der Waals surface area contributed by atoms with Crippen molar-refractivity contribution in [2.75, 3.05) is 37.4 Å². The highest BCUT2D eigenvalue weighted by Gasteiger charge is 2.14. The summed E-state index contributed by atoms with van der Waals surface area (Å²) in [5.41, 5.74) is 3.38. The van der Waals surface area contributed by atoms with Crippen LogP contribution in [0.5, 0.6) is 0 Å². The Morgan fingerprint density at radius 1 is 1.13 bits per heavy atom. The van der Waals surface area contributed by atoms with Crippen LogP contribution in [0.1, 0.15) is 15.9 Å². The number of hydrogen-bond acceptors (Lipinski definition) is 4. The lowest BCUT2D eigenvalue weighted by molar-refractivity contribution is 0.102. The van der Waals surface area contributed by atoms with E-state index in [1.165, 1.54) is 0 Å². The number of hydrogen-bond donors (Lipinski definition) is 2. The Labute approximate surface area is 136 Å². The van der Waals surface area contributed by atoms with Crippen molar-refractivity contribution in [1.29, 1.82) is 0 Å². The quantitative estimate of drug-likeness (QED) is 0.911. The summed E-state index contributed by atoms with van der Waals surface area (Å²) < 4.78 is 0. The van der Waals surface area contributed by atoms with Gasteiger partial charge in [-0.1, -0.05) is 12.1 Å². The minimum atomic E-state index is -0.124. The van der Waals surface area contributed by atoms with Crippen LogP contribution in [0.3, 0.4) is 0 Å². The van der Waals surface area contributed by atoms with E-state index in [2.05, 4.69) is 15.6 Å². The normalized spacial score (nSPS) is 13.2. The molecule has 23 heavy (non-hydrogen) atoms. The van der Waals surface area contributed by atoms with Crippen LogP contribution in [-0.2, 0) is 0 Å². The first-order valence-electron chi connectivity index (χ1n) is 7.61. The summed E-state index contributed by atoms with van der Waals surface area (Å²) in [6.07, 6.45) is 0. The summed E-state index contributed by atoms with van der Waals surface area (Å²) in [5.74, 6) is 0.713. The topological polar surface area (TPSA) is 56.7 Å². The van der Waals surface area contributed by atoms with Crippen LogP contribution in [0, 0.1) is 0 Å². The van der Waals surface area contributed by atoms with E-state index in [1.807, 2.05) is 67.5 Å². The van der Waals surface area contributed by atoms with Gasteiger partial charge in [0.1, 0.15) is 5.84 Å². The highest BCUT2D eigenvalue weighted by Crippen LogP contribution is 2.19. The second-order valence-electron chi connectivity index (χ2n) is 5.60. The van der Waals surface area contributed by atoms with Crippen molar-refractivity contribution in [2.24, 2.45) is 4.99 Å². The van der Waals surface area contributed by atoms with Crippen LogP contribution in [0.25, 0.3) is 0 Å². The molecule has 0 fully saturated rings. The lowest BCUT2D eigenvalue weighted by atomic mass is 10.1. The molecule has 2 N–H and O–H groups in total. The lowest BCUT2D eigenvalue weighted by Gasteiger charge is -2.14. The first-order valence-corrected chi connectivity index (χ1v) is 7.61. The van der Waals surface area contributed by atoms with Crippen LogP contribution < -0.4 is 15.5 Å². The minimum absolute atomic E-state index is 0.124. The van der Waals surface area contributed by atoms with Crippen LogP contribution in [0.2, 0.25) is 0 Å². The molecule has 1 aliphatic rings. The van der Waals surface area contributed by atoms with E-state index in [0.29, 0.717) is 5.56 Å². The zero-order valence-electron chi connectivity index (χ0n) is 13.3. The predicted molar refractivity (Wildman–Crippen MR) is 94.6 cm³/mol. The van der Waals surface area contributed by atoms with Gasteiger partial charge in [0.15, 0.2) is 0 Å². The van der Waals surface area contributed by atoms with Gasteiger partial charge in [-0.3, -0.25) is 9.79 Å². The number of rotatable bonds is 4. The molecule has 1 aliphatic heterocycles. The molecule has 1 amide bonds. The standard InChI is InChI=1S/C18H20N4O/c1-22(2)14-9-7-13(8-10-14)18(23)21-16-6-4-3-5-15(16)17-19-11-12-20-17/h3-10H,11-12H2,1-2H3,(H,19,20)(H,21,23). The maximum atomic E-state index is 12.5. The molecule has 2 aromatic carbocycles. The number of amides is 1. The number of anilines is 2. The average molecular weight is 308 g/mol. The Balaban J connectivity index is 1.80. The summed E-state index contributed by atoms with van der Waals surface area (Å²) in [7, 11) is 3.95. The van der Waals surface area contributed by atoms with Crippen LogP contribution in [-0.4, -0.2) is 38.9 Å². The number of benzene rings is 2. The zero-order chi connectivity index (χ0) is 16.2. The number of carbonyl (C=O) groups is 1. The van der Waals surface area contributed by atoms with E-state index in [0.717, 1.165) is 35.9 Å². The maximum Gasteiger partial charge on any atom is 0.255 e. The molecule has 5 heteroatoms. The predicted octanol–water partition coefficient (Wildman–Crippen LogP) is 2.35. The van der Waals surface area contributed by atoms with Crippen molar-refractivity contribution < 1.29 is 4.79 Å². The molecule has 0 saturated heterocycles. The van der Waals surface area contributed by atoms with Gasteiger partial charge in [-0.25, -0.2) is 0 Å². The summed E-state index contributed by atoms with van der Waals surface area (Å²) in [5, 5.41) is 6.22. The summed E-state index contributed by atoms with van der Waals surface area (Å²) >= 11 is 0. The van der Waals surface area contributed by atoms with Crippen molar-refractivity contribution in [1.82, 2.24) is 5.32 Å². The molecule has 3 rings (SSSR count). The Kier molecular flexibility index (Phi) is 4.28. The number of para-hydroxylation sites is 1. The Bertz CT molecular complexity index is 735. The number of aliphatic imine (C=N–C) groups is 1. The van der Waals surface area contributed by atoms with Gasteiger partial charge >= 0.3 is 0 Å². The third kappa shape index (κ3) is 3.34. The fourth-order valence-electron chi connectivity index (χ4n) is 2.48. The first-order chi connectivity index (χ1) is 11.1. The SMILES string of the molecule is CN(C)c1ccc(C(=O)Nc2ccccc2C2=NCCN2)cc1. The lowest BCUT2D eigenvalue weighted by Crippen LogP contribution is -2.22. The fraction of sp³-hybridized carbons (Fsp3) is 0.222. The molecule has 0 atom stereocenters. The van der Waals surface area contributed by atoms with Crippen molar-refractivity contribution in [2.45, 2.75) is 0 Å². The van der Waals surface area contributed by atoms with E-state index >= 15 is 0 Å². The Hall–Kier alpha value is -2.82. The van der Waals surface area contributed by atoms with Crippen molar-refractivity contribution in [3.8, 4) is 0 Å². The van der Waals surface area contributed by atoms with Crippen LogP contribution >= 0.6 is 0 Å². The second-order valence-corrected chi connectivity index (χ2v) is 5.60. The van der Waals surface area contributed by atoms with Gasteiger partial charge in [-0.05, 0) is 36.4 Å². The van der Waals surface area contributed by atoms with E-state index in [9.17, 15) is 4.79 Å². The van der Waals surface area contributed by atoms with Crippen molar-refractivity contribution in [3.63, 3.8) is 0 Å². The molecule has 0 spiro atoms. The zero-order valence-corrected chi connectivity index (χ0v) is 13.3. The van der Waals surface area contributed by atoms with Gasteiger partial charge in [-0.15, -0.1) is 0 Å². The molecule has 5 nitrogen and oxygen atoms in total. The van der Waals surface area contributed by atoms with Gasteiger partial charge in [0.2, 0.25) is 0 Å². The molecule has 1 heterocycles. The first kappa shape index (κ1) is 15.1. The van der Waals surface area contributed by atoms with Gasteiger partial charge in [0.05, 0.1) is 12.2 Å². The monoisotopic (exact) mass is 308 g/mol. The molecule has 0 aromatic heterocycles. The third-order valence-electron chi connectivity index (χ3n) is 3.75. The Morgan fingerprint density at radius 3 is 2.52 bits per heavy atom. The van der Waals surface area contributed by atoms with Gasteiger partial charge < -0.3 is 15.5 Å². The van der Waals surface area contributed by atoms with Crippen LogP contribution in [0.4, 0.5) is 11.4 Å². The molecule has 0 bridgehead atoms. The minimum Gasteiger partial charge on any atom is -0.378 e. The van der Waals surface area contributed by atoms with E-state index < -0.39 is 0 Å².